The number of nitrogens with one attached hydrogen (secondary N) is 1. The quantitative estimate of drug-likeness (QED) is 0.607. The predicted octanol–water partition coefficient (Wildman–Crippen LogP) is 4.75. The van der Waals surface area contributed by atoms with Crippen molar-refractivity contribution in [3.63, 3.8) is 0 Å². The van der Waals surface area contributed by atoms with E-state index in [1.165, 1.54) is 18.6 Å². The molecule has 0 amide bonds. The first-order chi connectivity index (χ1) is 17.8. The largest absolute Gasteiger partial charge is 0.380 e. The molecule has 4 heterocycles. The van der Waals surface area contributed by atoms with Crippen molar-refractivity contribution in [2.24, 2.45) is 17.6 Å². The number of likely N-dealkylation sites (N-methyl/N-ethyl adjacent to an activating group) is 1. The number of anilines is 2. The number of nitrogens with zero attached hydrogens (tertiary/aromatic N) is 4. The molecular formula is C28H34F2N6O. The lowest BCUT2D eigenvalue weighted by Crippen LogP contribution is -2.52. The van der Waals surface area contributed by atoms with E-state index in [9.17, 15) is 0 Å². The summed E-state index contributed by atoms with van der Waals surface area (Å²) in [7, 11) is 1.84. The second-order valence-corrected chi connectivity index (χ2v) is 11.0. The average molecular weight is 509 g/mol. The van der Waals surface area contributed by atoms with Gasteiger partial charge in [0.05, 0.1) is 48.9 Å². The van der Waals surface area contributed by atoms with Gasteiger partial charge in [0.2, 0.25) is 5.95 Å². The molecule has 0 spiro atoms. The molecule has 0 aromatic carbocycles. The van der Waals surface area contributed by atoms with Gasteiger partial charge in [0.1, 0.15) is 11.5 Å². The Kier molecular flexibility index (Phi) is 6.15. The highest BCUT2D eigenvalue weighted by atomic mass is 19.1. The Morgan fingerprint density at radius 2 is 2.05 bits per heavy atom. The van der Waals surface area contributed by atoms with Crippen LogP contribution in [0.15, 0.2) is 54.3 Å². The third-order valence-corrected chi connectivity index (χ3v) is 8.34. The minimum atomic E-state index is -1.85. The van der Waals surface area contributed by atoms with Gasteiger partial charge in [0.15, 0.2) is 0 Å². The fourth-order valence-corrected chi connectivity index (χ4v) is 6.30. The fourth-order valence-electron chi connectivity index (χ4n) is 6.30. The number of aromatic nitrogens is 3. The van der Waals surface area contributed by atoms with E-state index in [4.69, 9.17) is 10.5 Å². The highest BCUT2D eigenvalue weighted by molar-refractivity contribution is 5.62. The van der Waals surface area contributed by atoms with E-state index in [0.717, 1.165) is 37.1 Å². The molecule has 2 aliphatic carbocycles. The summed E-state index contributed by atoms with van der Waals surface area (Å²) in [5.41, 5.74) is 7.98. The number of fused-ring (bicyclic) bond motifs is 1. The second kappa shape index (κ2) is 9.36. The number of rotatable bonds is 5. The van der Waals surface area contributed by atoms with Gasteiger partial charge in [-0.05, 0) is 67.5 Å². The molecule has 196 valence electrons. The molecule has 3 unspecified atom stereocenters. The van der Waals surface area contributed by atoms with E-state index in [-0.39, 0.29) is 12.0 Å². The first-order valence-electron chi connectivity index (χ1n) is 13.1. The topological polar surface area (TPSA) is 81.2 Å². The number of ether oxygens (including phenoxy) is 1. The van der Waals surface area contributed by atoms with Crippen LogP contribution in [-0.4, -0.2) is 52.7 Å². The Morgan fingerprint density at radius 3 is 2.78 bits per heavy atom. The summed E-state index contributed by atoms with van der Waals surface area (Å²) in [6, 6.07) is 1.70. The molecule has 2 fully saturated rings. The van der Waals surface area contributed by atoms with Crippen LogP contribution in [-0.2, 0) is 4.74 Å². The van der Waals surface area contributed by atoms with Gasteiger partial charge in [-0.3, -0.25) is 4.98 Å². The molecule has 1 saturated carbocycles. The molecule has 9 heteroatoms. The number of hydrogen-bond donors (Lipinski definition) is 2. The summed E-state index contributed by atoms with van der Waals surface area (Å²) in [5.74, 6) is -0.447. The van der Waals surface area contributed by atoms with E-state index in [1.54, 1.807) is 12.3 Å². The third-order valence-electron chi connectivity index (χ3n) is 8.34. The van der Waals surface area contributed by atoms with Crippen LogP contribution in [0.2, 0.25) is 0 Å². The molecule has 2 aromatic rings. The molecule has 1 saturated heterocycles. The third kappa shape index (κ3) is 4.38. The molecule has 0 radical (unpaired) electrons. The zero-order valence-electron chi connectivity index (χ0n) is 21.3. The molecule has 4 aliphatic rings. The number of alkyl halides is 1. The lowest BCUT2D eigenvalue weighted by Gasteiger charge is -2.43. The Hall–Kier alpha value is -3.04. The molecule has 6 rings (SSSR count). The van der Waals surface area contributed by atoms with Crippen molar-refractivity contribution in [1.29, 1.82) is 0 Å². The first kappa shape index (κ1) is 24.3. The van der Waals surface area contributed by atoms with Gasteiger partial charge in [-0.2, -0.15) is 0 Å². The lowest BCUT2D eigenvalue weighted by molar-refractivity contribution is -0.0134. The van der Waals surface area contributed by atoms with Gasteiger partial charge in [-0.1, -0.05) is 12.5 Å². The smallest absolute Gasteiger partial charge is 0.227 e. The highest BCUT2D eigenvalue weighted by Crippen LogP contribution is 2.44. The van der Waals surface area contributed by atoms with Crippen molar-refractivity contribution in [1.82, 2.24) is 14.6 Å². The number of halogens is 2. The molecule has 0 bridgehead atoms. The summed E-state index contributed by atoms with van der Waals surface area (Å²) in [4.78, 5) is 8.95. The van der Waals surface area contributed by atoms with Gasteiger partial charge in [-0.25, -0.2) is 18.4 Å². The number of hydrogen-bond acceptors (Lipinski definition) is 6. The number of nitrogens with two attached hydrogens (primary N) is 1. The molecular weight excluding hydrogens is 474 g/mol. The van der Waals surface area contributed by atoms with Crippen LogP contribution in [0.4, 0.5) is 20.4 Å². The Morgan fingerprint density at radius 1 is 1.22 bits per heavy atom. The molecule has 37 heavy (non-hydrogen) atoms. The minimum absolute atomic E-state index is 0.0600. The maximum absolute atomic E-state index is 16.0. The van der Waals surface area contributed by atoms with Gasteiger partial charge >= 0.3 is 0 Å². The van der Waals surface area contributed by atoms with E-state index in [2.05, 4.69) is 15.3 Å². The monoisotopic (exact) mass is 508 g/mol. The summed E-state index contributed by atoms with van der Waals surface area (Å²) >= 11 is 0. The normalized spacial score (nSPS) is 31.9. The number of imidazole rings is 1. The van der Waals surface area contributed by atoms with Gasteiger partial charge < -0.3 is 20.8 Å². The minimum Gasteiger partial charge on any atom is -0.380 e. The van der Waals surface area contributed by atoms with E-state index < -0.39 is 23.5 Å². The summed E-state index contributed by atoms with van der Waals surface area (Å²) in [5, 5.41) is 5.32. The zero-order valence-corrected chi connectivity index (χ0v) is 21.3. The molecule has 3 N–H and O–H groups in total. The molecule has 2 aromatic heterocycles. The van der Waals surface area contributed by atoms with E-state index in [0.29, 0.717) is 30.7 Å². The van der Waals surface area contributed by atoms with Crippen LogP contribution in [0.3, 0.4) is 0 Å². The van der Waals surface area contributed by atoms with Crippen molar-refractivity contribution < 1.29 is 13.5 Å². The van der Waals surface area contributed by atoms with Gasteiger partial charge in [-0.15, -0.1) is 0 Å². The van der Waals surface area contributed by atoms with E-state index >= 15 is 8.78 Å². The van der Waals surface area contributed by atoms with Crippen LogP contribution >= 0.6 is 0 Å². The lowest BCUT2D eigenvalue weighted by atomic mass is 9.75. The van der Waals surface area contributed by atoms with Gasteiger partial charge in [0.25, 0.3) is 0 Å². The average Bonchev–Trinajstić information content (AvgIpc) is 3.22. The van der Waals surface area contributed by atoms with Crippen molar-refractivity contribution in [2.45, 2.75) is 56.3 Å². The van der Waals surface area contributed by atoms with Crippen molar-refractivity contribution >= 4 is 17.7 Å². The zero-order chi connectivity index (χ0) is 25.7. The van der Waals surface area contributed by atoms with Crippen molar-refractivity contribution in [2.75, 3.05) is 30.6 Å². The fraction of sp³-hybridized carbons (Fsp3) is 0.500. The Balaban J connectivity index is 1.28. The second-order valence-electron chi connectivity index (χ2n) is 11.0. The molecule has 2 aliphatic heterocycles. The number of pyridine rings is 1. The summed E-state index contributed by atoms with van der Waals surface area (Å²) < 4.78 is 38.7. The summed E-state index contributed by atoms with van der Waals surface area (Å²) in [6.07, 6.45) is 16.4. The molecule has 5 atom stereocenters. The first-order valence-corrected chi connectivity index (χ1v) is 13.1. The van der Waals surface area contributed by atoms with Crippen LogP contribution in [0.1, 0.15) is 49.8 Å². The number of allylic oxidation sites excluding steroid dienone is 2. The van der Waals surface area contributed by atoms with Crippen molar-refractivity contribution in [3.05, 3.63) is 65.5 Å². The van der Waals surface area contributed by atoms with Crippen LogP contribution < -0.4 is 16.1 Å². The SMILES string of the molecule is CN1C(C2C(F)=CC(C3COC3)=CC2(C)F)C=Cc2cnc(Nc3cnccc3[C@@H]3CCC[C@H](N)C3)n21. The predicted molar refractivity (Wildman–Crippen MR) is 140 cm³/mol. The van der Waals surface area contributed by atoms with Crippen LogP contribution in [0, 0.1) is 11.8 Å². The molecule has 7 nitrogen and oxygen atoms in total. The Labute approximate surface area is 216 Å². The maximum Gasteiger partial charge on any atom is 0.227 e. The summed E-state index contributed by atoms with van der Waals surface area (Å²) in [6.45, 7) is 2.48. The highest BCUT2D eigenvalue weighted by Gasteiger charge is 2.47. The standard InChI is InChI=1S/C28H34F2N6O/c1-28(30)12-18(19-15-37-16-19)11-23(29)26(28)25-7-6-21-13-33-27(36(21)35(25)2)34-24-14-32-9-8-22(24)17-4-3-5-20(31)10-17/h6-9,11-14,17,19-20,25-26H,3-5,10,15-16,31H2,1-2H3,(H,33,34)/t17-,20+,25?,26?,28?/m1/s1. The Bertz CT molecular complexity index is 1260. The van der Waals surface area contributed by atoms with Gasteiger partial charge in [0, 0.05) is 25.2 Å². The van der Waals surface area contributed by atoms with Crippen LogP contribution in [0.25, 0.3) is 6.08 Å². The maximum atomic E-state index is 16.0. The van der Waals surface area contributed by atoms with Crippen LogP contribution in [0.5, 0.6) is 0 Å². The van der Waals surface area contributed by atoms with E-state index in [1.807, 2.05) is 47.3 Å². The van der Waals surface area contributed by atoms with Crippen molar-refractivity contribution in [3.8, 4) is 0 Å².